The molecule has 0 bridgehead atoms. The minimum atomic E-state index is -0.884. The Balaban J connectivity index is 3.58. The Morgan fingerprint density at radius 3 is 2.05 bits per heavy atom. The highest BCUT2D eigenvalue weighted by atomic mass is 16.6. The summed E-state index contributed by atoms with van der Waals surface area (Å²) in [6, 6.07) is 1.79. The zero-order valence-corrected chi connectivity index (χ0v) is 10.7. The zero-order chi connectivity index (χ0) is 15.4. The van der Waals surface area contributed by atoms with Crippen LogP contribution >= 0.6 is 0 Å². The van der Waals surface area contributed by atoms with E-state index >= 15 is 0 Å². The summed E-state index contributed by atoms with van der Waals surface area (Å²) in [6.45, 7) is 1.59. The second-order valence-electron chi connectivity index (χ2n) is 3.71. The van der Waals surface area contributed by atoms with Gasteiger partial charge in [0.05, 0.1) is 22.0 Å². The van der Waals surface area contributed by atoms with Gasteiger partial charge in [-0.3, -0.25) is 20.2 Å². The monoisotopic (exact) mass is 284 g/mol. The van der Waals surface area contributed by atoms with E-state index in [0.29, 0.717) is 0 Å². The molecule has 0 unspecified atom stereocenters. The van der Waals surface area contributed by atoms with Crippen LogP contribution in [0.3, 0.4) is 0 Å². The molecule has 0 spiro atoms. The lowest BCUT2D eigenvalue weighted by Gasteiger charge is -2.13. The first-order valence-electron chi connectivity index (χ1n) is 5.42. The molecule has 0 radical (unpaired) electrons. The number of nitrogens with zero attached hydrogens (tertiary/aromatic N) is 3. The lowest BCUT2D eigenvalue weighted by atomic mass is 10.1. The molecule has 10 heteroatoms. The van der Waals surface area contributed by atoms with Crippen molar-refractivity contribution in [2.45, 2.75) is 6.92 Å². The van der Waals surface area contributed by atoms with E-state index in [1.165, 1.54) is 7.05 Å². The van der Waals surface area contributed by atoms with E-state index in [2.05, 4.69) is 4.74 Å². The molecule has 0 aromatic heterocycles. The van der Waals surface area contributed by atoms with Gasteiger partial charge in [0.2, 0.25) is 5.69 Å². The Bertz CT molecular complexity index is 536. The fraction of sp³-hybridized carbons (Fsp3) is 0.300. The van der Waals surface area contributed by atoms with Crippen LogP contribution in [0.2, 0.25) is 0 Å². The minimum absolute atomic E-state index is 0.0406. The van der Waals surface area contributed by atoms with Gasteiger partial charge in [-0.25, -0.2) is 10.6 Å². The van der Waals surface area contributed by atoms with Crippen molar-refractivity contribution >= 4 is 23.0 Å². The van der Waals surface area contributed by atoms with Crippen molar-refractivity contribution in [2.24, 2.45) is 5.84 Å². The van der Waals surface area contributed by atoms with Crippen LogP contribution in [-0.2, 0) is 4.74 Å². The Kier molecular flexibility index (Phi) is 4.54. The van der Waals surface area contributed by atoms with Gasteiger partial charge in [-0.15, -0.1) is 0 Å². The van der Waals surface area contributed by atoms with Gasteiger partial charge >= 0.3 is 17.3 Å². The molecule has 1 rings (SSSR count). The minimum Gasteiger partial charge on any atom is -0.462 e. The molecule has 0 aliphatic carbocycles. The van der Waals surface area contributed by atoms with Crippen molar-refractivity contribution in [3.63, 3.8) is 0 Å². The summed E-state index contributed by atoms with van der Waals surface area (Å²) in [7, 11) is 1.22. The summed E-state index contributed by atoms with van der Waals surface area (Å²) in [4.78, 5) is 31.8. The van der Waals surface area contributed by atoms with Crippen LogP contribution in [0.4, 0.5) is 17.1 Å². The number of ether oxygens (including phenoxy) is 1. The molecule has 0 saturated carbocycles. The Morgan fingerprint density at radius 2 is 1.75 bits per heavy atom. The molecule has 0 amide bonds. The smallest absolute Gasteiger partial charge is 0.338 e. The highest BCUT2D eigenvalue weighted by Crippen LogP contribution is 2.37. The van der Waals surface area contributed by atoms with E-state index in [4.69, 9.17) is 5.84 Å². The van der Waals surface area contributed by atoms with E-state index in [1.807, 2.05) is 0 Å². The number of nitro groups is 2. The standard InChI is InChI=1S/C10H12N4O6/c1-3-20-10(15)6-4-7(13(16)17)9(12(2)11)8(5-6)14(18)19/h4-5H,3,11H2,1-2H3. The predicted octanol–water partition coefficient (Wildman–Crippen LogP) is 0.990. The average molecular weight is 284 g/mol. The number of esters is 1. The van der Waals surface area contributed by atoms with Gasteiger partial charge in [0.15, 0.2) is 0 Å². The molecule has 0 saturated heterocycles. The SMILES string of the molecule is CCOC(=O)c1cc([N+](=O)[O-])c(N(C)N)c([N+](=O)[O-])c1. The number of carbonyl (C=O) groups excluding carboxylic acids is 1. The first-order chi connectivity index (χ1) is 9.29. The molecule has 0 heterocycles. The molecule has 1 aromatic rings. The molecular weight excluding hydrogens is 272 g/mol. The highest BCUT2D eigenvalue weighted by molar-refractivity contribution is 5.93. The predicted molar refractivity (Wildman–Crippen MR) is 68.3 cm³/mol. The summed E-state index contributed by atoms with van der Waals surface area (Å²) >= 11 is 0. The number of carbonyl (C=O) groups is 1. The van der Waals surface area contributed by atoms with Crippen molar-refractivity contribution in [3.05, 3.63) is 37.9 Å². The summed E-state index contributed by atoms with van der Waals surface area (Å²) in [5.41, 5.74) is -1.97. The Labute approximate surface area is 113 Å². The van der Waals surface area contributed by atoms with Crippen LogP contribution in [0.1, 0.15) is 17.3 Å². The van der Waals surface area contributed by atoms with Crippen molar-refractivity contribution in [2.75, 3.05) is 18.7 Å². The van der Waals surface area contributed by atoms with Crippen molar-refractivity contribution in [1.29, 1.82) is 0 Å². The van der Waals surface area contributed by atoms with E-state index < -0.39 is 32.9 Å². The first kappa shape index (κ1) is 15.3. The van der Waals surface area contributed by atoms with E-state index in [-0.39, 0.29) is 12.2 Å². The molecule has 1 aromatic carbocycles. The van der Waals surface area contributed by atoms with Gasteiger partial charge < -0.3 is 9.75 Å². The van der Waals surface area contributed by atoms with Crippen LogP contribution in [0.15, 0.2) is 12.1 Å². The maximum absolute atomic E-state index is 11.6. The van der Waals surface area contributed by atoms with Gasteiger partial charge in [0, 0.05) is 19.2 Å². The summed E-state index contributed by atoms with van der Waals surface area (Å²) in [5.74, 6) is 4.50. The van der Waals surface area contributed by atoms with Crippen molar-refractivity contribution in [3.8, 4) is 0 Å². The van der Waals surface area contributed by atoms with Crippen LogP contribution < -0.4 is 10.9 Å². The number of benzene rings is 1. The number of nitrogens with two attached hydrogens (primary N) is 1. The molecule has 0 atom stereocenters. The molecular formula is C10H12N4O6. The average Bonchev–Trinajstić information content (AvgIpc) is 2.36. The third-order valence-electron chi connectivity index (χ3n) is 2.33. The second-order valence-corrected chi connectivity index (χ2v) is 3.71. The zero-order valence-electron chi connectivity index (χ0n) is 10.7. The summed E-state index contributed by atoms with van der Waals surface area (Å²) in [6.07, 6.45) is 0. The van der Waals surface area contributed by atoms with Crippen molar-refractivity contribution < 1.29 is 19.4 Å². The van der Waals surface area contributed by atoms with Crippen LogP contribution in [-0.4, -0.2) is 29.5 Å². The van der Waals surface area contributed by atoms with E-state index in [1.54, 1.807) is 6.92 Å². The molecule has 0 fully saturated rings. The summed E-state index contributed by atoms with van der Waals surface area (Å²) in [5, 5.41) is 22.7. The number of rotatable bonds is 5. The maximum Gasteiger partial charge on any atom is 0.338 e. The lowest BCUT2D eigenvalue weighted by molar-refractivity contribution is -0.392. The fourth-order valence-electron chi connectivity index (χ4n) is 1.58. The number of hydrazine groups is 1. The van der Waals surface area contributed by atoms with E-state index in [9.17, 15) is 25.0 Å². The second kappa shape index (κ2) is 5.93. The van der Waals surface area contributed by atoms with Gasteiger partial charge in [-0.1, -0.05) is 0 Å². The maximum atomic E-state index is 11.6. The van der Waals surface area contributed by atoms with Gasteiger partial charge in [-0.2, -0.15) is 0 Å². The quantitative estimate of drug-likeness (QED) is 0.365. The number of hydrogen-bond acceptors (Lipinski definition) is 8. The van der Waals surface area contributed by atoms with Crippen LogP contribution in [0.25, 0.3) is 0 Å². The molecule has 0 aliphatic rings. The largest absolute Gasteiger partial charge is 0.462 e. The van der Waals surface area contributed by atoms with Crippen LogP contribution in [0.5, 0.6) is 0 Å². The first-order valence-corrected chi connectivity index (χ1v) is 5.42. The fourth-order valence-corrected chi connectivity index (χ4v) is 1.58. The van der Waals surface area contributed by atoms with Crippen molar-refractivity contribution in [1.82, 2.24) is 0 Å². The Morgan fingerprint density at radius 1 is 1.30 bits per heavy atom. The Hall–Kier alpha value is -2.75. The van der Waals surface area contributed by atoms with Gasteiger partial charge in [0.25, 0.3) is 0 Å². The number of nitro benzene ring substituents is 2. The van der Waals surface area contributed by atoms with E-state index in [0.717, 1.165) is 17.1 Å². The van der Waals surface area contributed by atoms with Gasteiger partial charge in [0.1, 0.15) is 0 Å². The topological polar surface area (TPSA) is 142 Å². The highest BCUT2D eigenvalue weighted by Gasteiger charge is 2.30. The van der Waals surface area contributed by atoms with Gasteiger partial charge in [-0.05, 0) is 6.92 Å². The number of anilines is 1. The molecule has 10 nitrogen and oxygen atoms in total. The molecule has 108 valence electrons. The van der Waals surface area contributed by atoms with Crippen LogP contribution in [0, 0.1) is 20.2 Å². The molecule has 2 N–H and O–H groups in total. The number of hydrogen-bond donors (Lipinski definition) is 1. The molecule has 0 aliphatic heterocycles. The normalized spacial score (nSPS) is 9.95. The third-order valence-corrected chi connectivity index (χ3v) is 2.33. The molecule has 20 heavy (non-hydrogen) atoms. The summed E-state index contributed by atoms with van der Waals surface area (Å²) < 4.78 is 4.67. The lowest BCUT2D eigenvalue weighted by Crippen LogP contribution is -2.27. The third kappa shape index (κ3) is 2.98.